The third-order valence-corrected chi connectivity index (χ3v) is 5.90. The Morgan fingerprint density at radius 1 is 0.939 bits per heavy atom. The van der Waals surface area contributed by atoms with Gasteiger partial charge in [0, 0.05) is 37.9 Å². The minimum atomic E-state index is 0.120. The molecule has 2 aromatic carbocycles. The summed E-state index contributed by atoms with van der Waals surface area (Å²) in [7, 11) is 0. The van der Waals surface area contributed by atoms with Crippen LogP contribution < -0.4 is 19.7 Å². The molecule has 1 saturated heterocycles. The molecule has 8 heteroatoms. The Bertz CT molecular complexity index is 1160. The summed E-state index contributed by atoms with van der Waals surface area (Å²) in [4.78, 5) is 26.1. The number of carbonyl (C=O) groups excluding carboxylic acids is 1. The highest BCUT2D eigenvalue weighted by molar-refractivity contribution is 5.79. The van der Waals surface area contributed by atoms with Crippen LogP contribution in [-0.2, 0) is 11.2 Å². The summed E-state index contributed by atoms with van der Waals surface area (Å²) in [6.45, 7) is 6.98. The van der Waals surface area contributed by atoms with E-state index in [9.17, 15) is 4.79 Å². The van der Waals surface area contributed by atoms with Crippen LogP contribution in [0, 0.1) is 13.8 Å². The molecule has 3 heterocycles. The number of anilines is 3. The fourth-order valence-corrected chi connectivity index (χ4v) is 4.09. The Labute approximate surface area is 193 Å². The lowest BCUT2D eigenvalue weighted by atomic mass is 10.1. The molecule has 0 aliphatic carbocycles. The second-order valence-electron chi connectivity index (χ2n) is 8.38. The number of nitrogens with zero attached hydrogens (tertiary/aromatic N) is 4. The zero-order valence-corrected chi connectivity index (χ0v) is 18.9. The number of fused-ring (bicyclic) bond motifs is 1. The molecule has 0 spiro atoms. The number of hydrogen-bond acceptors (Lipinski definition) is 7. The zero-order chi connectivity index (χ0) is 22.8. The smallest absolute Gasteiger partial charge is 0.231 e. The Kier molecular flexibility index (Phi) is 5.73. The van der Waals surface area contributed by atoms with E-state index in [0.717, 1.165) is 41.7 Å². The molecule has 1 aromatic heterocycles. The van der Waals surface area contributed by atoms with Crippen LogP contribution in [0.3, 0.4) is 0 Å². The van der Waals surface area contributed by atoms with Crippen molar-refractivity contribution in [2.75, 3.05) is 43.2 Å². The Hall–Kier alpha value is -3.81. The molecule has 2 aliphatic rings. The first kappa shape index (κ1) is 21.1. The van der Waals surface area contributed by atoms with Gasteiger partial charge in [-0.25, -0.2) is 9.97 Å². The predicted molar refractivity (Wildman–Crippen MR) is 126 cm³/mol. The maximum Gasteiger partial charge on any atom is 0.231 e. The largest absolute Gasteiger partial charge is 0.454 e. The number of aromatic nitrogens is 2. The van der Waals surface area contributed by atoms with Crippen molar-refractivity contribution in [3.8, 4) is 11.5 Å². The summed E-state index contributed by atoms with van der Waals surface area (Å²) >= 11 is 0. The van der Waals surface area contributed by atoms with Crippen LogP contribution in [-0.4, -0.2) is 53.7 Å². The van der Waals surface area contributed by atoms with Crippen molar-refractivity contribution >= 4 is 23.2 Å². The van der Waals surface area contributed by atoms with E-state index in [-0.39, 0.29) is 12.7 Å². The summed E-state index contributed by atoms with van der Waals surface area (Å²) in [6.07, 6.45) is 0.355. The fraction of sp³-hybridized carbons (Fsp3) is 0.320. The van der Waals surface area contributed by atoms with Gasteiger partial charge in [0.2, 0.25) is 12.7 Å². The summed E-state index contributed by atoms with van der Waals surface area (Å²) in [5, 5.41) is 3.36. The fourth-order valence-electron chi connectivity index (χ4n) is 4.09. The van der Waals surface area contributed by atoms with E-state index in [0.29, 0.717) is 31.1 Å². The first-order chi connectivity index (χ1) is 16.0. The molecule has 33 heavy (non-hydrogen) atoms. The average Bonchev–Trinajstić information content (AvgIpc) is 3.28. The van der Waals surface area contributed by atoms with Crippen molar-refractivity contribution in [2.45, 2.75) is 20.3 Å². The molecule has 0 atom stereocenters. The minimum absolute atomic E-state index is 0.120. The maximum atomic E-state index is 12.8. The number of benzene rings is 2. The van der Waals surface area contributed by atoms with Gasteiger partial charge >= 0.3 is 0 Å². The number of amides is 1. The molecule has 0 radical (unpaired) electrons. The van der Waals surface area contributed by atoms with Crippen molar-refractivity contribution in [1.29, 1.82) is 0 Å². The topological polar surface area (TPSA) is 79.8 Å². The van der Waals surface area contributed by atoms with E-state index < -0.39 is 0 Å². The average molecular weight is 446 g/mol. The number of aryl methyl sites for hydroxylation is 2. The second kappa shape index (κ2) is 8.97. The standard InChI is InChI=1S/C25H27N5O3/c1-17-3-6-20(7-4-17)28-23-15-24(27-18(2)26-23)29-9-11-30(12-10-29)25(31)14-19-5-8-21-22(13-19)33-16-32-21/h3-8,13,15H,9-12,14,16H2,1-2H3,(H,26,27,28). The Balaban J connectivity index is 1.20. The monoisotopic (exact) mass is 445 g/mol. The van der Waals surface area contributed by atoms with Crippen LogP contribution in [0.25, 0.3) is 0 Å². The van der Waals surface area contributed by atoms with E-state index >= 15 is 0 Å². The minimum Gasteiger partial charge on any atom is -0.454 e. The molecule has 8 nitrogen and oxygen atoms in total. The molecule has 3 aromatic rings. The number of ether oxygens (including phenoxy) is 2. The van der Waals surface area contributed by atoms with Gasteiger partial charge in [-0.3, -0.25) is 4.79 Å². The van der Waals surface area contributed by atoms with Crippen LogP contribution in [0.4, 0.5) is 17.3 Å². The van der Waals surface area contributed by atoms with E-state index in [1.807, 2.05) is 48.2 Å². The number of rotatable bonds is 5. The number of hydrogen-bond donors (Lipinski definition) is 1. The first-order valence-corrected chi connectivity index (χ1v) is 11.1. The third kappa shape index (κ3) is 4.84. The van der Waals surface area contributed by atoms with E-state index in [2.05, 4.69) is 39.2 Å². The molecule has 0 unspecified atom stereocenters. The summed E-state index contributed by atoms with van der Waals surface area (Å²) in [5.74, 6) is 3.91. The van der Waals surface area contributed by atoms with Crippen LogP contribution in [0.2, 0.25) is 0 Å². The molecule has 1 amide bonds. The molecule has 0 saturated carbocycles. The number of nitrogens with one attached hydrogen (secondary N) is 1. The highest BCUT2D eigenvalue weighted by Gasteiger charge is 2.23. The summed E-state index contributed by atoms with van der Waals surface area (Å²) in [5.41, 5.74) is 3.14. The van der Waals surface area contributed by atoms with Gasteiger partial charge < -0.3 is 24.6 Å². The van der Waals surface area contributed by atoms with Crippen molar-refractivity contribution in [3.63, 3.8) is 0 Å². The van der Waals surface area contributed by atoms with Crippen LogP contribution in [0.5, 0.6) is 11.5 Å². The van der Waals surface area contributed by atoms with Gasteiger partial charge in [-0.15, -0.1) is 0 Å². The van der Waals surface area contributed by atoms with Crippen LogP contribution in [0.15, 0.2) is 48.5 Å². The lowest BCUT2D eigenvalue weighted by molar-refractivity contribution is -0.130. The molecular formula is C25H27N5O3. The molecular weight excluding hydrogens is 418 g/mol. The zero-order valence-electron chi connectivity index (χ0n) is 18.9. The van der Waals surface area contributed by atoms with Gasteiger partial charge in [0.1, 0.15) is 17.5 Å². The lowest BCUT2D eigenvalue weighted by Gasteiger charge is -2.35. The summed E-state index contributed by atoms with van der Waals surface area (Å²) < 4.78 is 10.8. The van der Waals surface area contributed by atoms with Crippen molar-refractivity contribution in [1.82, 2.24) is 14.9 Å². The molecule has 170 valence electrons. The second-order valence-corrected chi connectivity index (χ2v) is 8.38. The molecule has 1 fully saturated rings. The first-order valence-electron chi connectivity index (χ1n) is 11.1. The number of carbonyl (C=O) groups is 1. The highest BCUT2D eigenvalue weighted by Crippen LogP contribution is 2.32. The Morgan fingerprint density at radius 3 is 2.48 bits per heavy atom. The van der Waals surface area contributed by atoms with Gasteiger partial charge in [-0.05, 0) is 43.7 Å². The van der Waals surface area contributed by atoms with Gasteiger partial charge in [-0.1, -0.05) is 23.8 Å². The number of piperazine rings is 1. The predicted octanol–water partition coefficient (Wildman–Crippen LogP) is 3.46. The van der Waals surface area contributed by atoms with E-state index in [1.54, 1.807) is 0 Å². The quantitative estimate of drug-likeness (QED) is 0.644. The lowest BCUT2D eigenvalue weighted by Crippen LogP contribution is -2.49. The van der Waals surface area contributed by atoms with Crippen LogP contribution >= 0.6 is 0 Å². The SMILES string of the molecule is Cc1ccc(Nc2cc(N3CCN(C(=O)Cc4ccc5c(c4)OCO5)CC3)nc(C)n2)cc1. The maximum absolute atomic E-state index is 12.8. The highest BCUT2D eigenvalue weighted by atomic mass is 16.7. The molecule has 5 rings (SSSR count). The summed E-state index contributed by atoms with van der Waals surface area (Å²) in [6, 6.07) is 15.9. The molecule has 2 aliphatic heterocycles. The third-order valence-electron chi connectivity index (χ3n) is 5.90. The van der Waals surface area contributed by atoms with E-state index in [1.165, 1.54) is 5.56 Å². The van der Waals surface area contributed by atoms with Gasteiger partial charge in [-0.2, -0.15) is 0 Å². The van der Waals surface area contributed by atoms with Crippen molar-refractivity contribution in [3.05, 3.63) is 65.5 Å². The normalized spacial score (nSPS) is 15.0. The van der Waals surface area contributed by atoms with Gasteiger partial charge in [0.25, 0.3) is 0 Å². The van der Waals surface area contributed by atoms with E-state index in [4.69, 9.17) is 9.47 Å². The van der Waals surface area contributed by atoms with Crippen molar-refractivity contribution in [2.24, 2.45) is 0 Å². The van der Waals surface area contributed by atoms with Crippen molar-refractivity contribution < 1.29 is 14.3 Å². The van der Waals surface area contributed by atoms with Crippen LogP contribution in [0.1, 0.15) is 17.0 Å². The molecule has 0 bridgehead atoms. The molecule has 1 N–H and O–H groups in total. The van der Waals surface area contributed by atoms with Gasteiger partial charge in [0.05, 0.1) is 6.42 Å². The Morgan fingerprint density at radius 2 is 1.70 bits per heavy atom. The van der Waals surface area contributed by atoms with Gasteiger partial charge in [0.15, 0.2) is 11.5 Å².